The quantitative estimate of drug-likeness (QED) is 0.178. The maximum absolute atomic E-state index is 7.19. The molecule has 302 valence electrons. The molecule has 14 rings (SSSR count). The number of rotatable bonds is 3. The maximum atomic E-state index is 7.19. The zero-order valence-electron chi connectivity index (χ0n) is 35.2. The van der Waals surface area contributed by atoms with Gasteiger partial charge in [-0.25, -0.2) is 9.97 Å². The highest BCUT2D eigenvalue weighted by Crippen LogP contribution is 2.67. The van der Waals surface area contributed by atoms with Crippen LogP contribution in [0.15, 0.2) is 231 Å². The summed E-state index contributed by atoms with van der Waals surface area (Å²) < 4.78 is 7.19. The summed E-state index contributed by atoms with van der Waals surface area (Å²) >= 11 is 0. The molecular formula is C62H38N2O. The minimum atomic E-state index is -0.679. The second-order valence-corrected chi connectivity index (χ2v) is 17.5. The molecule has 0 saturated carbocycles. The van der Waals surface area contributed by atoms with Crippen LogP contribution in [0.3, 0.4) is 0 Å². The zero-order chi connectivity index (χ0) is 42.7. The van der Waals surface area contributed by atoms with E-state index in [1.807, 2.05) is 6.07 Å². The van der Waals surface area contributed by atoms with Crippen LogP contribution in [0.2, 0.25) is 0 Å². The van der Waals surface area contributed by atoms with Crippen molar-refractivity contribution in [3.05, 3.63) is 275 Å². The smallest absolute Gasteiger partial charge is 0.160 e. The molecule has 0 radical (unpaired) electrons. The molecule has 0 saturated heterocycles. The fraction of sp³-hybridized carbons (Fsp3) is 0.0323. The second kappa shape index (κ2) is 13.6. The Kier molecular flexibility index (Phi) is 7.53. The van der Waals surface area contributed by atoms with Gasteiger partial charge in [0.05, 0.1) is 22.0 Å². The predicted octanol–water partition coefficient (Wildman–Crippen LogP) is 14.9. The van der Waals surface area contributed by atoms with E-state index in [0.717, 1.165) is 61.5 Å². The SMILES string of the molecule is c1ccc2c(c1)Oc1c(-c3ccc(-c4nc(-c5cccc6ccccc56)c5ccccc5n4)cc3)cccc1C21c2ccccc2C2(c3ccccc3-c3ccccc32)c2ccccc21. The molecule has 11 aromatic rings. The van der Waals surface area contributed by atoms with Crippen LogP contribution in [0, 0.1) is 0 Å². The molecule has 3 aliphatic rings. The van der Waals surface area contributed by atoms with Crippen LogP contribution in [0.1, 0.15) is 44.5 Å². The van der Waals surface area contributed by atoms with E-state index >= 15 is 0 Å². The van der Waals surface area contributed by atoms with Gasteiger partial charge in [0.15, 0.2) is 5.82 Å². The highest BCUT2D eigenvalue weighted by atomic mass is 16.5. The van der Waals surface area contributed by atoms with Crippen LogP contribution in [0.25, 0.3) is 66.6 Å². The maximum Gasteiger partial charge on any atom is 0.160 e. The number of benzene rings is 10. The van der Waals surface area contributed by atoms with E-state index in [1.54, 1.807) is 0 Å². The fourth-order valence-electron chi connectivity index (χ4n) is 11.9. The summed E-state index contributed by atoms with van der Waals surface area (Å²) in [5.41, 5.74) is 17.4. The molecule has 3 heteroatoms. The van der Waals surface area contributed by atoms with Gasteiger partial charge in [0.25, 0.3) is 0 Å². The zero-order valence-corrected chi connectivity index (χ0v) is 35.2. The molecule has 0 unspecified atom stereocenters. The van der Waals surface area contributed by atoms with Gasteiger partial charge >= 0.3 is 0 Å². The summed E-state index contributed by atoms with van der Waals surface area (Å²) in [7, 11) is 0. The molecule has 0 amide bonds. The molecule has 0 atom stereocenters. The third-order valence-electron chi connectivity index (χ3n) is 14.4. The molecule has 3 nitrogen and oxygen atoms in total. The van der Waals surface area contributed by atoms with Crippen LogP contribution >= 0.6 is 0 Å². The normalized spacial score (nSPS) is 14.2. The first-order valence-corrected chi connectivity index (χ1v) is 22.4. The topological polar surface area (TPSA) is 35.0 Å². The Bertz CT molecular complexity index is 3670. The van der Waals surface area contributed by atoms with Crippen molar-refractivity contribution in [2.24, 2.45) is 0 Å². The van der Waals surface area contributed by atoms with Crippen molar-refractivity contribution in [3.63, 3.8) is 0 Å². The molecule has 1 aliphatic heterocycles. The van der Waals surface area contributed by atoms with Gasteiger partial charge in [0, 0.05) is 33.2 Å². The first kappa shape index (κ1) is 36.1. The van der Waals surface area contributed by atoms with Gasteiger partial charge in [-0.2, -0.15) is 0 Å². The molecule has 0 N–H and O–H groups in total. The molecule has 0 bridgehead atoms. The standard InChI is InChI=1S/C62H38N2O/c1-2-19-42-39(17-1)18-15-24-46(42)58-47-22-5-13-33-56(47)63-60(64-58)41-37-35-40(36-38-41)43-23-16-32-55-59(43)65-57-34-14-12-31-54(57)62(55)52-29-10-8-27-50(52)61(51-28-9-11-30-53(51)62)48-25-6-3-20-44(48)45-21-4-7-26-49(45)61/h1-38H. The third-order valence-corrected chi connectivity index (χ3v) is 14.4. The largest absolute Gasteiger partial charge is 0.456 e. The Morgan fingerprint density at radius 2 is 0.769 bits per heavy atom. The van der Waals surface area contributed by atoms with Gasteiger partial charge in [-0.1, -0.05) is 218 Å². The lowest BCUT2D eigenvalue weighted by Gasteiger charge is -2.51. The van der Waals surface area contributed by atoms with Crippen LogP contribution in [0.4, 0.5) is 0 Å². The van der Waals surface area contributed by atoms with Crippen LogP contribution in [-0.2, 0) is 10.8 Å². The van der Waals surface area contributed by atoms with Gasteiger partial charge in [-0.3, -0.25) is 0 Å². The summed E-state index contributed by atoms with van der Waals surface area (Å²) in [5.74, 6) is 2.42. The lowest BCUT2D eigenvalue weighted by Crippen LogP contribution is -2.45. The first-order valence-electron chi connectivity index (χ1n) is 22.4. The van der Waals surface area contributed by atoms with Crippen molar-refractivity contribution < 1.29 is 4.74 Å². The van der Waals surface area contributed by atoms with Crippen LogP contribution in [-0.4, -0.2) is 9.97 Å². The van der Waals surface area contributed by atoms with Gasteiger partial charge in [0.1, 0.15) is 11.5 Å². The Hall–Kier alpha value is -8.40. The third kappa shape index (κ3) is 4.79. The average molecular weight is 827 g/mol. The molecule has 1 aromatic heterocycles. The molecule has 10 aromatic carbocycles. The van der Waals surface area contributed by atoms with E-state index in [-0.39, 0.29) is 0 Å². The van der Waals surface area contributed by atoms with Crippen LogP contribution in [0.5, 0.6) is 11.5 Å². The van der Waals surface area contributed by atoms with Gasteiger partial charge in [0.2, 0.25) is 0 Å². The summed E-state index contributed by atoms with van der Waals surface area (Å²) in [6, 6.07) is 83.8. The van der Waals surface area contributed by atoms with Crippen molar-refractivity contribution in [1.29, 1.82) is 0 Å². The summed E-state index contributed by atoms with van der Waals surface area (Å²) in [5, 5.41) is 3.39. The number of ether oxygens (including phenoxy) is 1. The van der Waals surface area contributed by atoms with E-state index in [9.17, 15) is 0 Å². The van der Waals surface area contributed by atoms with E-state index in [1.165, 1.54) is 55.3 Å². The van der Waals surface area contributed by atoms with Crippen molar-refractivity contribution in [2.75, 3.05) is 0 Å². The first-order chi connectivity index (χ1) is 32.2. The number of nitrogens with zero attached hydrogens (tertiary/aromatic N) is 2. The monoisotopic (exact) mass is 826 g/mol. The Morgan fingerprint density at radius 1 is 0.308 bits per heavy atom. The number of hydrogen-bond donors (Lipinski definition) is 0. The van der Waals surface area contributed by atoms with E-state index in [2.05, 4.69) is 224 Å². The molecule has 65 heavy (non-hydrogen) atoms. The number of aromatic nitrogens is 2. The van der Waals surface area contributed by atoms with Gasteiger partial charge in [-0.05, 0) is 73.0 Å². The minimum Gasteiger partial charge on any atom is -0.456 e. The summed E-state index contributed by atoms with van der Waals surface area (Å²) in [6.45, 7) is 0. The highest BCUT2D eigenvalue weighted by Gasteiger charge is 2.58. The lowest BCUT2D eigenvalue weighted by molar-refractivity contribution is 0.430. The fourth-order valence-corrected chi connectivity index (χ4v) is 11.9. The molecule has 2 aliphatic carbocycles. The lowest BCUT2D eigenvalue weighted by atomic mass is 9.51. The van der Waals surface area contributed by atoms with Crippen molar-refractivity contribution in [1.82, 2.24) is 9.97 Å². The average Bonchev–Trinajstić information content (AvgIpc) is 3.67. The van der Waals surface area contributed by atoms with Gasteiger partial charge in [-0.15, -0.1) is 0 Å². The van der Waals surface area contributed by atoms with E-state index in [0.29, 0.717) is 5.82 Å². The Morgan fingerprint density at radius 3 is 1.46 bits per heavy atom. The Labute approximate surface area is 377 Å². The summed E-state index contributed by atoms with van der Waals surface area (Å²) in [6.07, 6.45) is 0. The predicted molar refractivity (Wildman–Crippen MR) is 263 cm³/mol. The summed E-state index contributed by atoms with van der Waals surface area (Å²) in [4.78, 5) is 10.4. The Balaban J connectivity index is 0.971. The number of fused-ring (bicyclic) bond motifs is 17. The molecule has 2 spiro atoms. The van der Waals surface area contributed by atoms with E-state index < -0.39 is 10.8 Å². The van der Waals surface area contributed by atoms with Gasteiger partial charge < -0.3 is 4.74 Å². The highest BCUT2D eigenvalue weighted by molar-refractivity contribution is 6.03. The minimum absolute atomic E-state index is 0.509. The van der Waals surface area contributed by atoms with Crippen molar-refractivity contribution in [3.8, 4) is 56.4 Å². The van der Waals surface area contributed by atoms with Crippen molar-refractivity contribution in [2.45, 2.75) is 10.8 Å². The van der Waals surface area contributed by atoms with Crippen LogP contribution < -0.4 is 4.74 Å². The van der Waals surface area contributed by atoms with Crippen molar-refractivity contribution >= 4 is 21.7 Å². The van der Waals surface area contributed by atoms with E-state index in [4.69, 9.17) is 14.7 Å². The number of hydrogen-bond acceptors (Lipinski definition) is 3. The second-order valence-electron chi connectivity index (χ2n) is 17.5. The molecule has 2 heterocycles. The molecular weight excluding hydrogens is 789 g/mol. The molecule has 0 fully saturated rings. The number of para-hydroxylation sites is 3.